The second kappa shape index (κ2) is 7.73. The molecule has 156 valence electrons. The first-order chi connectivity index (χ1) is 15.0. The maximum atomic E-state index is 14.3. The predicted octanol–water partition coefficient (Wildman–Crippen LogP) is 7.05. The number of aromatic nitrogens is 1. The van der Waals surface area contributed by atoms with E-state index >= 15 is 0 Å². The fourth-order valence-corrected chi connectivity index (χ4v) is 5.53. The van der Waals surface area contributed by atoms with E-state index in [1.165, 1.54) is 12.1 Å². The van der Waals surface area contributed by atoms with Gasteiger partial charge < -0.3 is 0 Å². The van der Waals surface area contributed by atoms with E-state index in [0.717, 1.165) is 48.6 Å². The molecular formula is C26H22ClFN2O. The first-order valence-corrected chi connectivity index (χ1v) is 11.1. The molecule has 31 heavy (non-hydrogen) atoms. The van der Waals surface area contributed by atoms with Crippen LogP contribution in [0, 0.1) is 23.7 Å². The zero-order valence-corrected chi connectivity index (χ0v) is 17.8. The first-order valence-electron chi connectivity index (χ1n) is 10.7. The van der Waals surface area contributed by atoms with Crippen molar-refractivity contribution >= 4 is 34.0 Å². The molecule has 1 spiro atoms. The zero-order valence-electron chi connectivity index (χ0n) is 17.1. The molecule has 0 bridgehead atoms. The van der Waals surface area contributed by atoms with E-state index in [1.807, 2.05) is 30.3 Å². The van der Waals surface area contributed by atoms with Gasteiger partial charge in [-0.1, -0.05) is 23.7 Å². The molecule has 0 saturated heterocycles. The topological polar surface area (TPSA) is 34.3 Å². The van der Waals surface area contributed by atoms with Gasteiger partial charge in [0, 0.05) is 28.9 Å². The molecule has 1 atom stereocenters. The van der Waals surface area contributed by atoms with Gasteiger partial charge in [-0.25, -0.2) is 9.24 Å². The summed E-state index contributed by atoms with van der Waals surface area (Å²) in [6, 6.07) is 12.5. The molecule has 2 fully saturated rings. The molecule has 1 aromatic heterocycles. The quantitative estimate of drug-likeness (QED) is 0.414. The van der Waals surface area contributed by atoms with Gasteiger partial charge in [0.15, 0.2) is 0 Å². The minimum atomic E-state index is -0.487. The SMILES string of the molecule is [C-]#[N+]c1cc2nccc(C3CCC4(CC3)CC4C(=O)Cc3ccc(Cl)cc3)c2cc1F. The number of nitrogens with zero attached hydrogens (tertiary/aromatic N) is 2. The molecule has 3 nitrogen and oxygen atoms in total. The van der Waals surface area contributed by atoms with E-state index in [2.05, 4.69) is 9.83 Å². The lowest BCUT2D eigenvalue weighted by atomic mass is 9.74. The number of pyridine rings is 1. The molecule has 0 amide bonds. The Balaban J connectivity index is 1.28. The lowest BCUT2D eigenvalue weighted by Crippen LogP contribution is -2.20. The van der Waals surface area contributed by atoms with Crippen LogP contribution >= 0.6 is 11.6 Å². The number of halogens is 2. The summed E-state index contributed by atoms with van der Waals surface area (Å²) < 4.78 is 14.3. The second-order valence-electron chi connectivity index (χ2n) is 9.00. The maximum absolute atomic E-state index is 14.3. The van der Waals surface area contributed by atoms with E-state index in [4.69, 9.17) is 18.2 Å². The van der Waals surface area contributed by atoms with Crippen LogP contribution in [-0.2, 0) is 11.2 Å². The van der Waals surface area contributed by atoms with Crippen LogP contribution in [0.2, 0.25) is 5.02 Å². The molecular weight excluding hydrogens is 411 g/mol. The Bertz CT molecular complexity index is 1210. The molecule has 0 N–H and O–H groups in total. The summed E-state index contributed by atoms with van der Waals surface area (Å²) in [5, 5.41) is 1.49. The monoisotopic (exact) mass is 432 g/mol. The van der Waals surface area contributed by atoms with Crippen molar-refractivity contribution in [2.75, 3.05) is 0 Å². The number of Topliss-reactive ketones (excluding diaryl/α,β-unsaturated/α-hetero) is 1. The molecule has 2 aliphatic carbocycles. The number of hydrogen-bond donors (Lipinski definition) is 0. The van der Waals surface area contributed by atoms with Crippen molar-refractivity contribution in [3.8, 4) is 0 Å². The van der Waals surface area contributed by atoms with Gasteiger partial charge in [-0.05, 0) is 84.9 Å². The van der Waals surface area contributed by atoms with E-state index < -0.39 is 5.82 Å². The zero-order chi connectivity index (χ0) is 21.6. The molecule has 1 unspecified atom stereocenters. The standard InChI is InChI=1S/C26H22ClFN2O/c1-29-24-14-23-20(13-22(24)28)19(8-11-30-23)17-6-9-26(10-7-17)15-21(26)25(31)12-16-2-4-18(27)5-3-16/h2-5,8,11,13-14,17,21H,6-7,9-10,12,15H2. The van der Waals surface area contributed by atoms with Crippen LogP contribution in [0.15, 0.2) is 48.7 Å². The van der Waals surface area contributed by atoms with Gasteiger partial charge in [0.2, 0.25) is 5.69 Å². The van der Waals surface area contributed by atoms with Crippen molar-refractivity contribution in [1.82, 2.24) is 4.98 Å². The average molecular weight is 433 g/mol. The van der Waals surface area contributed by atoms with Crippen molar-refractivity contribution < 1.29 is 9.18 Å². The number of rotatable bonds is 4. The summed E-state index contributed by atoms with van der Waals surface area (Å²) in [6.07, 6.45) is 7.27. The molecule has 3 aromatic rings. The van der Waals surface area contributed by atoms with Gasteiger partial charge in [-0.2, -0.15) is 0 Å². The number of carbonyl (C=O) groups is 1. The van der Waals surface area contributed by atoms with Gasteiger partial charge in [-0.15, -0.1) is 0 Å². The van der Waals surface area contributed by atoms with Crippen LogP contribution in [-0.4, -0.2) is 10.8 Å². The third-order valence-corrected chi connectivity index (χ3v) is 7.51. The van der Waals surface area contributed by atoms with Crippen LogP contribution in [0.25, 0.3) is 15.7 Å². The van der Waals surface area contributed by atoms with Crippen LogP contribution in [0.4, 0.5) is 10.1 Å². The Morgan fingerprint density at radius 2 is 1.94 bits per heavy atom. The third-order valence-electron chi connectivity index (χ3n) is 7.26. The number of fused-ring (bicyclic) bond motifs is 1. The molecule has 2 aromatic carbocycles. The van der Waals surface area contributed by atoms with Crippen molar-refractivity contribution in [2.24, 2.45) is 11.3 Å². The number of ketones is 1. The minimum Gasteiger partial charge on any atom is -0.299 e. The van der Waals surface area contributed by atoms with E-state index in [1.54, 1.807) is 6.20 Å². The summed E-state index contributed by atoms with van der Waals surface area (Å²) in [6.45, 7) is 7.12. The maximum Gasteiger partial charge on any atom is 0.224 e. The number of hydrogen-bond acceptors (Lipinski definition) is 2. The Kier molecular flexibility index (Phi) is 5.02. The Morgan fingerprint density at radius 3 is 2.65 bits per heavy atom. The van der Waals surface area contributed by atoms with Crippen molar-refractivity contribution in [3.63, 3.8) is 0 Å². The number of benzene rings is 2. The van der Waals surface area contributed by atoms with Crippen molar-refractivity contribution in [1.29, 1.82) is 0 Å². The third kappa shape index (κ3) is 3.72. The van der Waals surface area contributed by atoms with Gasteiger partial charge in [0.05, 0.1) is 12.1 Å². The molecule has 1 heterocycles. The highest BCUT2D eigenvalue weighted by Gasteiger charge is 2.57. The van der Waals surface area contributed by atoms with Gasteiger partial charge in [0.1, 0.15) is 11.6 Å². The van der Waals surface area contributed by atoms with Gasteiger partial charge in [-0.3, -0.25) is 9.78 Å². The van der Waals surface area contributed by atoms with E-state index in [9.17, 15) is 9.18 Å². The lowest BCUT2D eigenvalue weighted by Gasteiger charge is -2.30. The second-order valence-corrected chi connectivity index (χ2v) is 9.43. The molecule has 5 rings (SSSR count). The predicted molar refractivity (Wildman–Crippen MR) is 120 cm³/mol. The molecule has 2 aliphatic rings. The van der Waals surface area contributed by atoms with Crippen molar-refractivity contribution in [3.05, 3.63) is 82.0 Å². The summed E-state index contributed by atoms with van der Waals surface area (Å²) in [7, 11) is 0. The fraction of sp³-hybridized carbons (Fsp3) is 0.346. The van der Waals surface area contributed by atoms with Crippen molar-refractivity contribution in [2.45, 2.75) is 44.4 Å². The van der Waals surface area contributed by atoms with Gasteiger partial charge >= 0.3 is 0 Å². The van der Waals surface area contributed by atoms with Crippen LogP contribution in [0.3, 0.4) is 0 Å². The Hall–Kier alpha value is -2.77. The van der Waals surface area contributed by atoms with Crippen LogP contribution in [0.5, 0.6) is 0 Å². The Morgan fingerprint density at radius 1 is 1.19 bits per heavy atom. The Labute approximate surface area is 186 Å². The summed E-state index contributed by atoms with van der Waals surface area (Å²) >= 11 is 5.94. The largest absolute Gasteiger partial charge is 0.299 e. The highest BCUT2D eigenvalue weighted by molar-refractivity contribution is 6.30. The van der Waals surface area contributed by atoms with Gasteiger partial charge in [0.25, 0.3) is 0 Å². The van der Waals surface area contributed by atoms with E-state index in [0.29, 0.717) is 28.7 Å². The lowest BCUT2D eigenvalue weighted by molar-refractivity contribution is -0.120. The normalized spacial score (nSPS) is 24.8. The molecule has 5 heteroatoms. The van der Waals surface area contributed by atoms with Crippen LogP contribution in [0.1, 0.15) is 49.1 Å². The van der Waals surface area contributed by atoms with Crippen LogP contribution < -0.4 is 0 Å². The highest BCUT2D eigenvalue weighted by Crippen LogP contribution is 2.63. The summed E-state index contributed by atoms with van der Waals surface area (Å²) in [4.78, 5) is 20.4. The first kappa shape index (κ1) is 20.2. The molecule has 0 aliphatic heterocycles. The summed E-state index contributed by atoms with van der Waals surface area (Å²) in [5.41, 5.74) is 2.98. The average Bonchev–Trinajstić information content (AvgIpc) is 3.48. The molecule has 2 saturated carbocycles. The summed E-state index contributed by atoms with van der Waals surface area (Å²) in [5.74, 6) is 0.349. The fourth-order valence-electron chi connectivity index (χ4n) is 5.40. The minimum absolute atomic E-state index is 0.0137. The smallest absolute Gasteiger partial charge is 0.224 e. The molecule has 0 radical (unpaired) electrons. The highest BCUT2D eigenvalue weighted by atomic mass is 35.5. The van der Waals surface area contributed by atoms with E-state index in [-0.39, 0.29) is 17.0 Å². The number of carbonyl (C=O) groups excluding carboxylic acids is 1.